The Kier molecular flexibility index (Phi) is 5.97. The third-order valence-electron chi connectivity index (χ3n) is 3.08. The zero-order valence-corrected chi connectivity index (χ0v) is 15.0. The third-order valence-corrected chi connectivity index (χ3v) is 4.23. The van der Waals surface area contributed by atoms with E-state index in [-0.39, 0.29) is 18.1 Å². The second kappa shape index (κ2) is 7.74. The standard InChI is InChI=1S/C17H15ClINO2/c1-12(21)9-17(22)20(11-13-5-3-2-4-6-13)16-10-14(18)7-8-15(16)19/h2-8,10H,9,11H2,1H3. The fourth-order valence-electron chi connectivity index (χ4n) is 2.07. The van der Waals surface area contributed by atoms with Gasteiger partial charge in [0, 0.05) is 8.59 Å². The largest absolute Gasteiger partial charge is 0.306 e. The number of carbonyl (C=O) groups excluding carboxylic acids is 2. The quantitative estimate of drug-likeness (QED) is 0.522. The van der Waals surface area contributed by atoms with Gasteiger partial charge < -0.3 is 4.90 Å². The van der Waals surface area contributed by atoms with Crippen molar-refractivity contribution in [3.63, 3.8) is 0 Å². The lowest BCUT2D eigenvalue weighted by Crippen LogP contribution is -2.32. The summed E-state index contributed by atoms with van der Waals surface area (Å²) in [5.74, 6) is -0.378. The van der Waals surface area contributed by atoms with Gasteiger partial charge in [0.1, 0.15) is 5.78 Å². The average Bonchev–Trinajstić information content (AvgIpc) is 2.48. The van der Waals surface area contributed by atoms with Gasteiger partial charge in [0.2, 0.25) is 5.91 Å². The molecule has 22 heavy (non-hydrogen) atoms. The van der Waals surface area contributed by atoms with Gasteiger partial charge in [-0.3, -0.25) is 9.59 Å². The van der Waals surface area contributed by atoms with Gasteiger partial charge in [0.25, 0.3) is 0 Å². The second-order valence-corrected chi connectivity index (χ2v) is 6.54. The molecule has 5 heteroatoms. The van der Waals surface area contributed by atoms with Crippen LogP contribution in [0.3, 0.4) is 0 Å². The maximum absolute atomic E-state index is 12.5. The highest BCUT2D eigenvalue weighted by Crippen LogP contribution is 2.28. The summed E-state index contributed by atoms with van der Waals surface area (Å²) in [6.45, 7) is 1.82. The first-order valence-electron chi connectivity index (χ1n) is 6.76. The molecule has 2 rings (SSSR count). The zero-order chi connectivity index (χ0) is 16.1. The normalized spacial score (nSPS) is 10.3. The number of anilines is 1. The Morgan fingerprint density at radius 3 is 2.45 bits per heavy atom. The van der Waals surface area contributed by atoms with E-state index < -0.39 is 0 Å². The molecule has 0 fully saturated rings. The monoisotopic (exact) mass is 427 g/mol. The van der Waals surface area contributed by atoms with E-state index >= 15 is 0 Å². The van der Waals surface area contributed by atoms with Crippen LogP contribution in [0.5, 0.6) is 0 Å². The lowest BCUT2D eigenvalue weighted by atomic mass is 10.1. The highest BCUT2D eigenvalue weighted by molar-refractivity contribution is 14.1. The van der Waals surface area contributed by atoms with Gasteiger partial charge in [-0.2, -0.15) is 0 Å². The molecule has 0 bridgehead atoms. The van der Waals surface area contributed by atoms with Crippen molar-refractivity contribution >= 4 is 51.6 Å². The van der Waals surface area contributed by atoms with Crippen molar-refractivity contribution in [3.05, 3.63) is 62.7 Å². The number of Topliss-reactive ketones (excluding diaryl/α,β-unsaturated/α-hetero) is 1. The van der Waals surface area contributed by atoms with Gasteiger partial charge in [-0.05, 0) is 53.3 Å². The smallest absolute Gasteiger partial charge is 0.234 e. The van der Waals surface area contributed by atoms with Crippen molar-refractivity contribution in [2.24, 2.45) is 0 Å². The van der Waals surface area contributed by atoms with Gasteiger partial charge >= 0.3 is 0 Å². The van der Waals surface area contributed by atoms with Crippen molar-refractivity contribution in [3.8, 4) is 0 Å². The second-order valence-electron chi connectivity index (χ2n) is 4.94. The summed E-state index contributed by atoms with van der Waals surface area (Å²) in [6.07, 6.45) is -0.116. The Morgan fingerprint density at radius 2 is 1.82 bits per heavy atom. The van der Waals surface area contributed by atoms with Crippen LogP contribution in [0.2, 0.25) is 5.02 Å². The zero-order valence-electron chi connectivity index (χ0n) is 12.1. The SMILES string of the molecule is CC(=O)CC(=O)N(Cc1ccccc1)c1cc(Cl)ccc1I. The van der Waals surface area contributed by atoms with Crippen LogP contribution in [-0.2, 0) is 16.1 Å². The molecule has 0 aliphatic rings. The summed E-state index contributed by atoms with van der Waals surface area (Å²) in [4.78, 5) is 25.4. The predicted molar refractivity (Wildman–Crippen MR) is 97.1 cm³/mol. The van der Waals surface area contributed by atoms with Crippen LogP contribution < -0.4 is 4.90 Å². The first kappa shape index (κ1) is 17.0. The maximum Gasteiger partial charge on any atom is 0.234 e. The number of hydrogen-bond donors (Lipinski definition) is 0. The molecule has 0 spiro atoms. The average molecular weight is 428 g/mol. The molecule has 0 saturated heterocycles. The summed E-state index contributed by atoms with van der Waals surface area (Å²) >= 11 is 8.23. The summed E-state index contributed by atoms with van der Waals surface area (Å²) < 4.78 is 0.912. The van der Waals surface area contributed by atoms with E-state index in [4.69, 9.17) is 11.6 Å². The molecule has 2 aromatic carbocycles. The number of rotatable bonds is 5. The summed E-state index contributed by atoms with van der Waals surface area (Å²) in [6, 6.07) is 15.1. The van der Waals surface area contributed by atoms with E-state index in [2.05, 4.69) is 22.6 Å². The lowest BCUT2D eigenvalue weighted by molar-refractivity contribution is -0.125. The number of halogens is 2. The summed E-state index contributed by atoms with van der Waals surface area (Å²) in [5, 5.41) is 0.559. The van der Waals surface area contributed by atoms with Crippen molar-refractivity contribution in [1.82, 2.24) is 0 Å². The Morgan fingerprint density at radius 1 is 1.14 bits per heavy atom. The Labute approximate surface area is 148 Å². The molecule has 1 amide bonds. The lowest BCUT2D eigenvalue weighted by Gasteiger charge is -2.24. The van der Waals surface area contributed by atoms with Crippen LogP contribution in [0.4, 0.5) is 5.69 Å². The topological polar surface area (TPSA) is 37.4 Å². The first-order chi connectivity index (χ1) is 10.5. The molecule has 0 radical (unpaired) electrons. The first-order valence-corrected chi connectivity index (χ1v) is 8.22. The van der Waals surface area contributed by atoms with Crippen LogP contribution in [0, 0.1) is 3.57 Å². The molecule has 0 N–H and O–H groups in total. The van der Waals surface area contributed by atoms with E-state index in [0.29, 0.717) is 11.6 Å². The van der Waals surface area contributed by atoms with Crippen LogP contribution in [0.1, 0.15) is 18.9 Å². The Hall–Kier alpha value is -1.40. The number of nitrogens with zero attached hydrogens (tertiary/aromatic N) is 1. The van der Waals surface area contributed by atoms with Gasteiger partial charge in [-0.1, -0.05) is 41.9 Å². The molecule has 3 nitrogen and oxygen atoms in total. The fraction of sp³-hybridized carbons (Fsp3) is 0.176. The van der Waals surface area contributed by atoms with Gasteiger partial charge in [0.15, 0.2) is 0 Å². The molecule has 0 aliphatic heterocycles. The van der Waals surface area contributed by atoms with E-state index in [1.54, 1.807) is 17.0 Å². The Balaban J connectivity index is 2.38. The van der Waals surface area contributed by atoms with Crippen molar-refractivity contribution in [2.45, 2.75) is 19.9 Å². The highest BCUT2D eigenvalue weighted by atomic mass is 127. The molecule has 0 atom stereocenters. The van der Waals surface area contributed by atoms with E-state index in [1.165, 1.54) is 6.92 Å². The molecular weight excluding hydrogens is 413 g/mol. The van der Waals surface area contributed by atoms with Crippen molar-refractivity contribution in [1.29, 1.82) is 0 Å². The maximum atomic E-state index is 12.5. The molecule has 0 aromatic heterocycles. The number of hydrogen-bond acceptors (Lipinski definition) is 2. The van der Waals surface area contributed by atoms with Gasteiger partial charge in [0.05, 0.1) is 18.7 Å². The van der Waals surface area contributed by atoms with Crippen molar-refractivity contribution in [2.75, 3.05) is 4.90 Å². The van der Waals surface area contributed by atoms with Gasteiger partial charge in [-0.25, -0.2) is 0 Å². The van der Waals surface area contributed by atoms with Crippen LogP contribution in [0.25, 0.3) is 0 Å². The van der Waals surface area contributed by atoms with E-state index in [1.807, 2.05) is 36.4 Å². The molecule has 0 aliphatic carbocycles. The molecule has 114 valence electrons. The van der Waals surface area contributed by atoms with E-state index in [9.17, 15) is 9.59 Å². The predicted octanol–water partition coefficient (Wildman–Crippen LogP) is 4.46. The van der Waals surface area contributed by atoms with Crippen LogP contribution in [-0.4, -0.2) is 11.7 Å². The summed E-state index contributed by atoms with van der Waals surface area (Å²) in [7, 11) is 0. The number of amides is 1. The molecule has 0 unspecified atom stereocenters. The minimum Gasteiger partial charge on any atom is -0.306 e. The summed E-state index contributed by atoms with van der Waals surface area (Å²) in [5.41, 5.74) is 1.72. The molecule has 2 aromatic rings. The van der Waals surface area contributed by atoms with E-state index in [0.717, 1.165) is 14.8 Å². The fourth-order valence-corrected chi connectivity index (χ4v) is 2.87. The molecule has 0 saturated carbocycles. The van der Waals surface area contributed by atoms with Gasteiger partial charge in [-0.15, -0.1) is 0 Å². The molecular formula is C17H15ClINO2. The number of carbonyl (C=O) groups is 2. The highest BCUT2D eigenvalue weighted by Gasteiger charge is 2.20. The minimum atomic E-state index is -0.225. The Bertz CT molecular complexity index is 688. The van der Waals surface area contributed by atoms with Crippen LogP contribution in [0.15, 0.2) is 48.5 Å². The number of benzene rings is 2. The number of ketones is 1. The minimum absolute atomic E-state index is 0.116. The molecule has 0 heterocycles. The third kappa shape index (κ3) is 4.55. The van der Waals surface area contributed by atoms with Crippen molar-refractivity contribution < 1.29 is 9.59 Å². The van der Waals surface area contributed by atoms with Crippen LogP contribution >= 0.6 is 34.2 Å².